The lowest BCUT2D eigenvalue weighted by atomic mass is 10.1. The van der Waals surface area contributed by atoms with Crippen LogP contribution in [0.2, 0.25) is 0 Å². The van der Waals surface area contributed by atoms with Crippen molar-refractivity contribution in [2.24, 2.45) is 4.99 Å². The van der Waals surface area contributed by atoms with Crippen molar-refractivity contribution in [3.05, 3.63) is 89.5 Å². The number of halogens is 3. The number of carbonyl (C=O) groups excluding carboxylic acids is 1. The fourth-order valence-corrected chi connectivity index (χ4v) is 4.34. The highest BCUT2D eigenvalue weighted by molar-refractivity contribution is 6.04. The Morgan fingerprint density at radius 1 is 0.971 bits per heavy atom. The number of carbonyl (C=O) groups is 1. The lowest BCUT2D eigenvalue weighted by molar-refractivity contribution is -0.137. The summed E-state index contributed by atoms with van der Waals surface area (Å²) in [6.07, 6.45) is -4.48. The number of aliphatic imine (C=N–C) groups is 1. The summed E-state index contributed by atoms with van der Waals surface area (Å²) in [6, 6.07) is 19.6. The predicted molar refractivity (Wildman–Crippen MR) is 123 cm³/mol. The first-order valence-electron chi connectivity index (χ1n) is 11.0. The largest absolute Gasteiger partial charge is 0.454 e. The quantitative estimate of drug-likeness (QED) is 0.461. The van der Waals surface area contributed by atoms with Gasteiger partial charge >= 0.3 is 6.18 Å². The Hall–Kier alpha value is -3.81. The highest BCUT2D eigenvalue weighted by Gasteiger charge is 2.34. The normalized spacial score (nSPS) is 17.8. The molecule has 5 nitrogen and oxygen atoms in total. The van der Waals surface area contributed by atoms with Crippen molar-refractivity contribution in [1.29, 1.82) is 0 Å². The third-order valence-corrected chi connectivity index (χ3v) is 6.07. The molecule has 0 spiro atoms. The second-order valence-electron chi connectivity index (χ2n) is 8.37. The summed E-state index contributed by atoms with van der Waals surface area (Å²) in [6.45, 7) is 3.40. The van der Waals surface area contributed by atoms with Crippen molar-refractivity contribution >= 4 is 17.4 Å². The van der Waals surface area contributed by atoms with Crippen molar-refractivity contribution in [3.63, 3.8) is 0 Å². The van der Waals surface area contributed by atoms with E-state index in [9.17, 15) is 18.0 Å². The molecule has 0 saturated carbocycles. The molecule has 5 rings (SSSR count). The maximum absolute atomic E-state index is 13.3. The van der Waals surface area contributed by atoms with Crippen LogP contribution in [0.1, 0.15) is 28.4 Å². The van der Waals surface area contributed by atoms with Gasteiger partial charge in [0, 0.05) is 31.2 Å². The molecular weight excluding hydrogens is 443 g/mol. The average molecular weight is 465 g/mol. The minimum atomic E-state index is -4.48. The van der Waals surface area contributed by atoms with Gasteiger partial charge < -0.3 is 14.5 Å². The Labute approximate surface area is 195 Å². The summed E-state index contributed by atoms with van der Waals surface area (Å²) in [7, 11) is 0. The molecule has 1 saturated heterocycles. The first-order valence-corrected chi connectivity index (χ1v) is 11.0. The van der Waals surface area contributed by atoms with E-state index in [4.69, 9.17) is 4.74 Å². The topological polar surface area (TPSA) is 45.1 Å². The molecule has 0 radical (unpaired) electrons. The number of amidine groups is 1. The van der Waals surface area contributed by atoms with Crippen molar-refractivity contribution in [1.82, 2.24) is 9.80 Å². The number of ether oxygens (including phenoxy) is 1. The Balaban J connectivity index is 1.49. The van der Waals surface area contributed by atoms with Crippen molar-refractivity contribution in [2.45, 2.75) is 19.1 Å². The minimum Gasteiger partial charge on any atom is -0.454 e. The number of hydrogen-bond acceptors (Lipinski definition) is 4. The molecule has 0 aliphatic carbocycles. The first kappa shape index (κ1) is 22.0. The van der Waals surface area contributed by atoms with Crippen LogP contribution in [0.25, 0.3) is 0 Å². The number of amides is 1. The number of fused-ring (bicyclic) bond motifs is 2. The third-order valence-electron chi connectivity index (χ3n) is 6.07. The van der Waals surface area contributed by atoms with E-state index in [-0.39, 0.29) is 23.4 Å². The highest BCUT2D eigenvalue weighted by atomic mass is 19.4. The molecule has 2 aliphatic heterocycles. The van der Waals surface area contributed by atoms with Crippen LogP contribution < -0.4 is 4.74 Å². The second-order valence-corrected chi connectivity index (χ2v) is 8.37. The lowest BCUT2D eigenvalue weighted by Gasteiger charge is -2.41. The summed E-state index contributed by atoms with van der Waals surface area (Å²) < 4.78 is 46.0. The molecular formula is C26H22F3N3O2. The van der Waals surface area contributed by atoms with Gasteiger partial charge in [0.15, 0.2) is 5.75 Å². The molecule has 1 atom stereocenters. The van der Waals surface area contributed by atoms with Gasteiger partial charge in [-0.15, -0.1) is 0 Å². The summed E-state index contributed by atoms with van der Waals surface area (Å²) >= 11 is 0. The van der Waals surface area contributed by atoms with Crippen LogP contribution in [0.15, 0.2) is 77.8 Å². The fraction of sp³-hybridized carbons (Fsp3) is 0.231. The van der Waals surface area contributed by atoms with Gasteiger partial charge in [-0.3, -0.25) is 4.79 Å². The predicted octanol–water partition coefficient (Wildman–Crippen LogP) is 5.74. The standard InChI is InChI=1S/C26H22F3N3O2/c1-17-16-31(13-14-32(17)25(33)18-7-3-2-4-8-18)24-20-9-5-6-10-22(20)34-23-12-11-19(26(27,28)29)15-21(23)30-24/h2-12,15,17H,13-14,16H2,1H3/t17-/m0/s1. The van der Waals surface area contributed by atoms with E-state index in [1.165, 1.54) is 6.07 Å². The number of hydrogen-bond donors (Lipinski definition) is 0. The van der Waals surface area contributed by atoms with Crippen molar-refractivity contribution in [2.75, 3.05) is 19.6 Å². The fourth-order valence-electron chi connectivity index (χ4n) is 4.34. The molecule has 3 aromatic carbocycles. The molecule has 0 bridgehead atoms. The zero-order chi connectivity index (χ0) is 23.9. The second kappa shape index (κ2) is 8.52. The minimum absolute atomic E-state index is 0.0422. The summed E-state index contributed by atoms with van der Waals surface area (Å²) in [5, 5.41) is 0. The Morgan fingerprint density at radius 2 is 1.71 bits per heavy atom. The summed E-state index contributed by atoms with van der Waals surface area (Å²) in [4.78, 5) is 21.5. The molecule has 8 heteroatoms. The zero-order valence-electron chi connectivity index (χ0n) is 18.4. The number of rotatable bonds is 1. The van der Waals surface area contributed by atoms with Crippen LogP contribution in [0.3, 0.4) is 0 Å². The number of piperazine rings is 1. The number of benzene rings is 3. The molecule has 174 valence electrons. The molecule has 0 N–H and O–H groups in total. The summed E-state index contributed by atoms with van der Waals surface area (Å²) in [5.41, 5.74) is 0.663. The van der Waals surface area contributed by atoms with Gasteiger partial charge in [-0.05, 0) is 49.4 Å². The molecule has 2 heterocycles. The molecule has 0 unspecified atom stereocenters. The molecule has 1 amide bonds. The lowest BCUT2D eigenvalue weighted by Crippen LogP contribution is -2.55. The number of para-hydroxylation sites is 1. The number of nitrogens with zero attached hydrogens (tertiary/aromatic N) is 3. The van der Waals surface area contributed by atoms with Gasteiger partial charge in [0.2, 0.25) is 0 Å². The van der Waals surface area contributed by atoms with E-state index >= 15 is 0 Å². The Morgan fingerprint density at radius 3 is 2.44 bits per heavy atom. The maximum atomic E-state index is 13.3. The highest BCUT2D eigenvalue weighted by Crippen LogP contribution is 2.41. The van der Waals surface area contributed by atoms with Crippen LogP contribution in [-0.4, -0.2) is 47.2 Å². The van der Waals surface area contributed by atoms with Crippen molar-refractivity contribution in [3.8, 4) is 11.5 Å². The van der Waals surface area contributed by atoms with Crippen molar-refractivity contribution < 1.29 is 22.7 Å². The maximum Gasteiger partial charge on any atom is 0.416 e. The van der Waals surface area contributed by atoms with Gasteiger partial charge in [0.05, 0.1) is 11.1 Å². The van der Waals surface area contributed by atoms with Crippen LogP contribution in [-0.2, 0) is 6.18 Å². The number of alkyl halides is 3. The van der Waals surface area contributed by atoms with Crippen LogP contribution in [0, 0.1) is 0 Å². The average Bonchev–Trinajstić information content (AvgIpc) is 3.00. The van der Waals surface area contributed by atoms with Crippen LogP contribution in [0.5, 0.6) is 11.5 Å². The van der Waals surface area contributed by atoms with E-state index in [1.807, 2.05) is 53.1 Å². The summed E-state index contributed by atoms with van der Waals surface area (Å²) in [5.74, 6) is 1.28. The Bertz CT molecular complexity index is 1260. The monoisotopic (exact) mass is 465 g/mol. The van der Waals surface area contributed by atoms with E-state index in [0.29, 0.717) is 42.3 Å². The van der Waals surface area contributed by atoms with Gasteiger partial charge in [-0.2, -0.15) is 13.2 Å². The van der Waals surface area contributed by atoms with Crippen LogP contribution >= 0.6 is 0 Å². The van der Waals surface area contributed by atoms with E-state index in [2.05, 4.69) is 4.99 Å². The first-order chi connectivity index (χ1) is 16.3. The van der Waals surface area contributed by atoms with E-state index < -0.39 is 11.7 Å². The Kier molecular flexibility index (Phi) is 5.51. The third kappa shape index (κ3) is 4.11. The van der Waals surface area contributed by atoms with Gasteiger partial charge in [-0.1, -0.05) is 30.3 Å². The smallest absolute Gasteiger partial charge is 0.416 e. The SMILES string of the molecule is C[C@H]1CN(C2=Nc3cc(C(F)(F)F)ccc3Oc3ccccc32)CCN1C(=O)c1ccccc1. The molecule has 1 fully saturated rings. The zero-order valence-corrected chi connectivity index (χ0v) is 18.4. The van der Waals surface area contributed by atoms with Gasteiger partial charge in [-0.25, -0.2) is 4.99 Å². The van der Waals surface area contributed by atoms with Crippen LogP contribution in [0.4, 0.5) is 18.9 Å². The van der Waals surface area contributed by atoms with Gasteiger partial charge in [0.25, 0.3) is 5.91 Å². The molecule has 34 heavy (non-hydrogen) atoms. The molecule has 0 aromatic heterocycles. The molecule has 2 aliphatic rings. The van der Waals surface area contributed by atoms with E-state index in [0.717, 1.165) is 12.1 Å². The van der Waals surface area contributed by atoms with E-state index in [1.54, 1.807) is 18.2 Å². The van der Waals surface area contributed by atoms with Gasteiger partial charge in [0.1, 0.15) is 17.3 Å². The molecule has 3 aromatic rings.